The predicted molar refractivity (Wildman–Crippen MR) is 116 cm³/mol. The summed E-state index contributed by atoms with van der Waals surface area (Å²) in [6, 6.07) is 15.2. The number of thioether (sulfide) groups is 1. The van der Waals surface area contributed by atoms with Crippen LogP contribution >= 0.6 is 11.8 Å². The van der Waals surface area contributed by atoms with E-state index in [1.54, 1.807) is 55.0 Å². The zero-order valence-electron chi connectivity index (χ0n) is 15.6. The topological polar surface area (TPSA) is 131 Å². The number of H-pyrrole nitrogens is 1. The Kier molecular flexibility index (Phi) is 5.53. The summed E-state index contributed by atoms with van der Waals surface area (Å²) in [6.07, 6.45) is 3.25. The molecular formula is C20H17N5O3S2. The molecule has 0 saturated heterocycles. The van der Waals surface area contributed by atoms with E-state index in [2.05, 4.69) is 20.3 Å². The molecule has 0 bridgehead atoms. The Hall–Kier alpha value is -3.21. The summed E-state index contributed by atoms with van der Waals surface area (Å²) < 4.78 is 23.6. The molecular weight excluding hydrogens is 422 g/mol. The smallest absolute Gasteiger partial charge is 0.238 e. The van der Waals surface area contributed by atoms with Crippen LogP contribution in [0.15, 0.2) is 77.0 Å². The largest absolute Gasteiger partial charge is 0.344 e. The Bertz CT molecular complexity index is 1320. The number of pyridine rings is 1. The highest BCUT2D eigenvalue weighted by molar-refractivity contribution is 8.00. The molecule has 0 spiro atoms. The van der Waals surface area contributed by atoms with E-state index in [4.69, 9.17) is 5.14 Å². The van der Waals surface area contributed by atoms with E-state index in [-0.39, 0.29) is 16.6 Å². The SMILES string of the molecule is NS(=O)(=O)c1ccccc1-c1ccc(NC(=O)CSc2nccc3[nH]cnc23)cc1. The van der Waals surface area contributed by atoms with Gasteiger partial charge in [0.05, 0.1) is 22.5 Å². The Morgan fingerprint density at radius 2 is 1.83 bits per heavy atom. The number of carbonyl (C=O) groups excluding carboxylic acids is 1. The fourth-order valence-electron chi connectivity index (χ4n) is 2.97. The second-order valence-electron chi connectivity index (χ2n) is 6.37. The van der Waals surface area contributed by atoms with Crippen molar-refractivity contribution < 1.29 is 13.2 Å². The number of aromatic nitrogens is 3. The number of anilines is 1. The first-order chi connectivity index (χ1) is 14.4. The first-order valence-corrected chi connectivity index (χ1v) is 11.4. The number of primary sulfonamides is 1. The average molecular weight is 440 g/mol. The highest BCUT2D eigenvalue weighted by Crippen LogP contribution is 2.28. The minimum absolute atomic E-state index is 0.0539. The maximum Gasteiger partial charge on any atom is 0.238 e. The van der Waals surface area contributed by atoms with Gasteiger partial charge in [0.15, 0.2) is 0 Å². The van der Waals surface area contributed by atoms with Gasteiger partial charge in [0.25, 0.3) is 0 Å². The molecule has 8 nitrogen and oxygen atoms in total. The van der Waals surface area contributed by atoms with Gasteiger partial charge in [-0.3, -0.25) is 4.79 Å². The van der Waals surface area contributed by atoms with Crippen LogP contribution in [0, 0.1) is 0 Å². The van der Waals surface area contributed by atoms with Crippen molar-refractivity contribution in [1.29, 1.82) is 0 Å². The lowest BCUT2D eigenvalue weighted by molar-refractivity contribution is -0.113. The average Bonchev–Trinajstić information content (AvgIpc) is 3.22. The molecule has 0 aliphatic carbocycles. The Balaban J connectivity index is 1.44. The molecule has 0 radical (unpaired) electrons. The predicted octanol–water partition coefficient (Wildman–Crippen LogP) is 3.00. The highest BCUT2D eigenvalue weighted by atomic mass is 32.2. The third-order valence-electron chi connectivity index (χ3n) is 4.32. The van der Waals surface area contributed by atoms with E-state index in [0.717, 1.165) is 11.0 Å². The number of nitrogens with zero attached hydrogens (tertiary/aromatic N) is 2. The van der Waals surface area contributed by atoms with Crippen LogP contribution in [0.3, 0.4) is 0 Å². The van der Waals surface area contributed by atoms with Crippen LogP contribution in [0.2, 0.25) is 0 Å². The van der Waals surface area contributed by atoms with Crippen LogP contribution in [-0.4, -0.2) is 35.0 Å². The van der Waals surface area contributed by atoms with Crippen LogP contribution in [0.4, 0.5) is 5.69 Å². The van der Waals surface area contributed by atoms with Gasteiger partial charge in [-0.15, -0.1) is 0 Å². The van der Waals surface area contributed by atoms with E-state index in [0.29, 0.717) is 21.8 Å². The second kappa shape index (κ2) is 8.27. The molecule has 2 aromatic heterocycles. The summed E-state index contributed by atoms with van der Waals surface area (Å²) >= 11 is 1.30. The van der Waals surface area contributed by atoms with Crippen LogP contribution in [0.25, 0.3) is 22.2 Å². The molecule has 0 saturated carbocycles. The number of hydrogen-bond acceptors (Lipinski definition) is 6. The Morgan fingerprint density at radius 3 is 2.60 bits per heavy atom. The summed E-state index contributed by atoms with van der Waals surface area (Å²) in [5.41, 5.74) is 3.38. The van der Waals surface area contributed by atoms with Crippen molar-refractivity contribution in [2.45, 2.75) is 9.92 Å². The van der Waals surface area contributed by atoms with E-state index >= 15 is 0 Å². The lowest BCUT2D eigenvalue weighted by atomic mass is 10.1. The number of nitrogens with one attached hydrogen (secondary N) is 2. The zero-order valence-corrected chi connectivity index (χ0v) is 17.2. The van der Waals surface area contributed by atoms with Crippen molar-refractivity contribution in [3.05, 3.63) is 67.1 Å². The molecule has 0 atom stereocenters. The summed E-state index contributed by atoms with van der Waals surface area (Å²) in [7, 11) is -3.84. The van der Waals surface area contributed by atoms with Gasteiger partial charge in [-0.1, -0.05) is 42.1 Å². The number of fused-ring (bicyclic) bond motifs is 1. The van der Waals surface area contributed by atoms with Crippen molar-refractivity contribution in [2.75, 3.05) is 11.1 Å². The molecule has 2 heterocycles. The number of aromatic amines is 1. The Labute approximate surface area is 177 Å². The highest BCUT2D eigenvalue weighted by Gasteiger charge is 2.14. The molecule has 4 rings (SSSR count). The molecule has 0 aliphatic heterocycles. The quantitative estimate of drug-likeness (QED) is 0.396. The number of carbonyl (C=O) groups is 1. The lowest BCUT2D eigenvalue weighted by Gasteiger charge is -2.09. The first kappa shape index (κ1) is 20.1. The van der Waals surface area contributed by atoms with Gasteiger partial charge in [-0.25, -0.2) is 23.5 Å². The van der Waals surface area contributed by atoms with Gasteiger partial charge in [0, 0.05) is 17.4 Å². The van der Waals surface area contributed by atoms with Crippen LogP contribution in [0.1, 0.15) is 0 Å². The third kappa shape index (κ3) is 4.35. The summed E-state index contributed by atoms with van der Waals surface area (Å²) in [4.78, 5) is 23.9. The maximum absolute atomic E-state index is 12.3. The van der Waals surface area contributed by atoms with Crippen molar-refractivity contribution in [3.8, 4) is 11.1 Å². The summed E-state index contributed by atoms with van der Waals surface area (Å²) in [5.74, 6) is -0.0124. The fourth-order valence-corrected chi connectivity index (χ4v) is 4.50. The lowest BCUT2D eigenvalue weighted by Crippen LogP contribution is -2.14. The second-order valence-corrected chi connectivity index (χ2v) is 8.86. The number of rotatable bonds is 6. The van der Waals surface area contributed by atoms with E-state index < -0.39 is 10.0 Å². The van der Waals surface area contributed by atoms with Gasteiger partial charge in [-0.2, -0.15) is 0 Å². The number of sulfonamides is 1. The summed E-state index contributed by atoms with van der Waals surface area (Å²) in [5, 5.41) is 8.80. The molecule has 10 heteroatoms. The molecule has 152 valence electrons. The fraction of sp³-hybridized carbons (Fsp3) is 0.0500. The molecule has 4 N–H and O–H groups in total. The van der Waals surface area contributed by atoms with Gasteiger partial charge in [0.1, 0.15) is 10.5 Å². The van der Waals surface area contributed by atoms with Crippen molar-refractivity contribution in [2.24, 2.45) is 5.14 Å². The standard InChI is InChI=1S/C20H17N5O3S2/c21-30(27,28)17-4-2-1-3-15(17)13-5-7-14(8-6-13)25-18(26)11-29-20-19-16(9-10-22-20)23-12-24-19/h1-10,12H,11H2,(H,23,24)(H,25,26)(H2,21,27,28). The number of amides is 1. The monoisotopic (exact) mass is 439 g/mol. The van der Waals surface area contributed by atoms with Gasteiger partial charge in [0.2, 0.25) is 15.9 Å². The maximum atomic E-state index is 12.3. The number of imidazole rings is 1. The molecule has 0 fully saturated rings. The van der Waals surface area contributed by atoms with Crippen molar-refractivity contribution in [1.82, 2.24) is 15.0 Å². The minimum atomic E-state index is -3.84. The van der Waals surface area contributed by atoms with Crippen molar-refractivity contribution in [3.63, 3.8) is 0 Å². The Morgan fingerprint density at radius 1 is 1.07 bits per heavy atom. The van der Waals surface area contributed by atoms with Crippen LogP contribution in [0.5, 0.6) is 0 Å². The first-order valence-electron chi connectivity index (χ1n) is 8.85. The van der Waals surface area contributed by atoms with Crippen LogP contribution in [-0.2, 0) is 14.8 Å². The molecule has 2 aromatic carbocycles. The normalized spacial score (nSPS) is 11.5. The van der Waals surface area contributed by atoms with Gasteiger partial charge >= 0.3 is 0 Å². The molecule has 0 unspecified atom stereocenters. The van der Waals surface area contributed by atoms with Gasteiger partial charge < -0.3 is 10.3 Å². The van der Waals surface area contributed by atoms with Crippen LogP contribution < -0.4 is 10.5 Å². The van der Waals surface area contributed by atoms with E-state index in [9.17, 15) is 13.2 Å². The number of nitrogens with two attached hydrogens (primary N) is 1. The summed E-state index contributed by atoms with van der Waals surface area (Å²) in [6.45, 7) is 0. The third-order valence-corrected chi connectivity index (χ3v) is 6.27. The molecule has 4 aromatic rings. The zero-order chi connectivity index (χ0) is 21.1. The van der Waals surface area contributed by atoms with Crippen molar-refractivity contribution >= 4 is 44.4 Å². The van der Waals surface area contributed by atoms with E-state index in [1.165, 1.54) is 17.8 Å². The molecule has 1 amide bonds. The molecule has 0 aliphatic rings. The number of benzene rings is 2. The minimum Gasteiger partial charge on any atom is -0.344 e. The molecule has 30 heavy (non-hydrogen) atoms. The number of hydrogen-bond donors (Lipinski definition) is 3. The van der Waals surface area contributed by atoms with Gasteiger partial charge in [-0.05, 0) is 29.8 Å². The van der Waals surface area contributed by atoms with E-state index in [1.807, 2.05) is 6.07 Å².